The summed E-state index contributed by atoms with van der Waals surface area (Å²) in [4.78, 5) is 27.3. The summed E-state index contributed by atoms with van der Waals surface area (Å²) in [5, 5.41) is 12.6. The van der Waals surface area contributed by atoms with Crippen LogP contribution in [0, 0.1) is 5.92 Å². The minimum absolute atomic E-state index is 0.0982. The fraction of sp³-hybridized carbons (Fsp3) is 0.769. The summed E-state index contributed by atoms with van der Waals surface area (Å²) in [6.45, 7) is 5.92. The summed E-state index contributed by atoms with van der Waals surface area (Å²) in [7, 11) is 0. The van der Waals surface area contributed by atoms with Crippen molar-refractivity contribution in [3.05, 3.63) is 0 Å². The number of alkyl carbamates (subject to hydrolysis) is 1. The average Bonchev–Trinajstić information content (AvgIpc) is 2.72. The third kappa shape index (κ3) is 5.40. The van der Waals surface area contributed by atoms with E-state index in [-0.39, 0.29) is 5.92 Å². The Morgan fingerprint density at radius 3 is 2.70 bits per heavy atom. The van der Waals surface area contributed by atoms with Gasteiger partial charge >= 0.3 is 12.1 Å². The van der Waals surface area contributed by atoms with Crippen LogP contribution in [0.1, 0.15) is 33.6 Å². The van der Waals surface area contributed by atoms with E-state index in [1.54, 1.807) is 20.8 Å². The Hall–Kier alpha value is -1.24. The lowest BCUT2D eigenvalue weighted by Crippen LogP contribution is -2.44. The highest BCUT2D eigenvalue weighted by molar-refractivity contribution is 8.13. The van der Waals surface area contributed by atoms with E-state index in [2.05, 4.69) is 10.3 Å². The molecule has 0 radical (unpaired) electrons. The summed E-state index contributed by atoms with van der Waals surface area (Å²) in [5.74, 6) is -0.954. The second kappa shape index (κ2) is 6.97. The monoisotopic (exact) mass is 302 g/mol. The highest BCUT2D eigenvalue weighted by atomic mass is 32.2. The van der Waals surface area contributed by atoms with Gasteiger partial charge in [-0.3, -0.25) is 4.99 Å². The Kier molecular flexibility index (Phi) is 5.86. The summed E-state index contributed by atoms with van der Waals surface area (Å²) < 4.78 is 5.09. The van der Waals surface area contributed by atoms with E-state index >= 15 is 0 Å². The molecule has 1 heterocycles. The second-order valence-electron chi connectivity index (χ2n) is 5.68. The smallest absolute Gasteiger partial charge is 0.408 e. The van der Waals surface area contributed by atoms with Gasteiger partial charge in [-0.1, -0.05) is 0 Å². The molecule has 0 unspecified atom stereocenters. The number of ether oxygens (including phenoxy) is 1. The number of carboxylic acid groups (broad SMARTS) is 1. The van der Waals surface area contributed by atoms with Gasteiger partial charge in [-0.2, -0.15) is 0 Å². The number of aliphatic imine (C=N–C) groups is 1. The zero-order valence-corrected chi connectivity index (χ0v) is 13.1. The van der Waals surface area contributed by atoms with Crippen LogP contribution in [0.2, 0.25) is 0 Å². The molecule has 0 saturated heterocycles. The van der Waals surface area contributed by atoms with Crippen LogP contribution in [0.4, 0.5) is 4.79 Å². The number of carbonyl (C=O) groups excluding carboxylic acids is 1. The molecule has 0 fully saturated rings. The number of thioether (sulfide) groups is 1. The fourth-order valence-electron chi connectivity index (χ4n) is 1.99. The molecule has 2 atom stereocenters. The molecule has 0 aromatic carbocycles. The van der Waals surface area contributed by atoms with Crippen LogP contribution < -0.4 is 5.32 Å². The van der Waals surface area contributed by atoms with Gasteiger partial charge < -0.3 is 15.2 Å². The molecule has 0 aromatic rings. The SMILES string of the molecule is CSC1=NCC[C@H]1C[C@H](NC(=O)OC(C)(C)C)C(=O)O. The van der Waals surface area contributed by atoms with E-state index in [1.807, 2.05) is 6.26 Å². The van der Waals surface area contributed by atoms with E-state index in [9.17, 15) is 14.7 Å². The minimum Gasteiger partial charge on any atom is -0.480 e. The zero-order valence-electron chi connectivity index (χ0n) is 12.3. The molecule has 1 aliphatic rings. The molecule has 0 spiro atoms. The van der Waals surface area contributed by atoms with Crippen molar-refractivity contribution >= 4 is 28.9 Å². The number of carboxylic acids is 1. The van der Waals surface area contributed by atoms with Crippen molar-refractivity contribution in [1.29, 1.82) is 0 Å². The number of carbonyl (C=O) groups is 2. The van der Waals surface area contributed by atoms with Gasteiger partial charge in [0.05, 0.1) is 5.04 Å². The predicted molar refractivity (Wildman–Crippen MR) is 79.3 cm³/mol. The molecule has 6 nitrogen and oxygen atoms in total. The first kappa shape index (κ1) is 16.8. The lowest BCUT2D eigenvalue weighted by atomic mass is 9.99. The maximum absolute atomic E-state index is 11.7. The molecular weight excluding hydrogens is 280 g/mol. The number of hydrogen-bond donors (Lipinski definition) is 2. The molecule has 1 rings (SSSR count). The van der Waals surface area contributed by atoms with Crippen molar-refractivity contribution in [2.45, 2.75) is 45.3 Å². The van der Waals surface area contributed by atoms with Crippen LogP contribution in [-0.4, -0.2) is 46.7 Å². The van der Waals surface area contributed by atoms with Crippen molar-refractivity contribution in [1.82, 2.24) is 5.32 Å². The van der Waals surface area contributed by atoms with Crippen molar-refractivity contribution in [2.24, 2.45) is 10.9 Å². The summed E-state index contributed by atoms with van der Waals surface area (Å²) >= 11 is 1.54. The first-order valence-electron chi connectivity index (χ1n) is 6.53. The molecule has 1 aliphatic heterocycles. The number of rotatable bonds is 4. The number of aliphatic carboxylic acids is 1. The Bertz CT molecular complexity index is 404. The third-order valence-electron chi connectivity index (χ3n) is 2.81. The van der Waals surface area contributed by atoms with Crippen LogP contribution in [0.3, 0.4) is 0 Å². The highest BCUT2D eigenvalue weighted by Crippen LogP contribution is 2.25. The second-order valence-corrected chi connectivity index (χ2v) is 6.51. The van der Waals surface area contributed by atoms with E-state index in [4.69, 9.17) is 4.74 Å². The first-order chi connectivity index (χ1) is 9.23. The van der Waals surface area contributed by atoms with Gasteiger partial charge in [0.2, 0.25) is 0 Å². The highest BCUT2D eigenvalue weighted by Gasteiger charge is 2.30. The summed E-state index contributed by atoms with van der Waals surface area (Å²) in [6.07, 6.45) is 2.39. The molecule has 0 aromatic heterocycles. The Balaban J connectivity index is 2.60. The maximum Gasteiger partial charge on any atom is 0.408 e. The molecule has 20 heavy (non-hydrogen) atoms. The lowest BCUT2D eigenvalue weighted by molar-refractivity contribution is -0.139. The predicted octanol–water partition coefficient (Wildman–Crippen LogP) is 2.14. The summed E-state index contributed by atoms with van der Waals surface area (Å²) in [5.41, 5.74) is -0.646. The molecule has 0 bridgehead atoms. The molecule has 7 heteroatoms. The van der Waals surface area contributed by atoms with Crippen LogP contribution in [0.25, 0.3) is 0 Å². The van der Waals surface area contributed by atoms with Crippen molar-refractivity contribution in [3.63, 3.8) is 0 Å². The van der Waals surface area contributed by atoms with Crippen molar-refractivity contribution in [3.8, 4) is 0 Å². The minimum atomic E-state index is -1.05. The van der Waals surface area contributed by atoms with Gasteiger partial charge in [0.25, 0.3) is 0 Å². The Labute approximate surface area is 123 Å². The van der Waals surface area contributed by atoms with Crippen molar-refractivity contribution < 1.29 is 19.4 Å². The van der Waals surface area contributed by atoms with Crippen LogP contribution in [0.15, 0.2) is 4.99 Å². The van der Waals surface area contributed by atoms with Gasteiger partial charge in [-0.25, -0.2) is 9.59 Å². The first-order valence-corrected chi connectivity index (χ1v) is 7.76. The summed E-state index contributed by atoms with van der Waals surface area (Å²) in [6, 6.07) is -0.953. The van der Waals surface area contributed by atoms with Crippen molar-refractivity contribution in [2.75, 3.05) is 12.8 Å². The Morgan fingerprint density at radius 1 is 1.55 bits per heavy atom. The molecule has 0 saturated carbocycles. The van der Waals surface area contributed by atoms with Gasteiger partial charge in [-0.05, 0) is 39.9 Å². The maximum atomic E-state index is 11.7. The normalized spacial score (nSPS) is 20.2. The quantitative estimate of drug-likeness (QED) is 0.830. The number of amides is 1. The van der Waals surface area contributed by atoms with E-state index < -0.39 is 23.7 Å². The van der Waals surface area contributed by atoms with Crippen LogP contribution >= 0.6 is 11.8 Å². The van der Waals surface area contributed by atoms with E-state index in [0.717, 1.165) is 18.0 Å². The number of nitrogens with zero attached hydrogens (tertiary/aromatic N) is 1. The van der Waals surface area contributed by atoms with Gasteiger partial charge in [-0.15, -0.1) is 11.8 Å². The molecule has 0 aliphatic carbocycles. The third-order valence-corrected chi connectivity index (χ3v) is 3.69. The van der Waals surface area contributed by atoms with Crippen LogP contribution in [0.5, 0.6) is 0 Å². The van der Waals surface area contributed by atoms with E-state index in [1.165, 1.54) is 11.8 Å². The topological polar surface area (TPSA) is 88.0 Å². The standard InChI is InChI=1S/C13H22N2O4S/c1-13(2,3)19-12(18)15-9(11(16)17)7-8-5-6-14-10(8)20-4/h8-9H,5-7H2,1-4H3,(H,15,18)(H,16,17)/t8-,9-/m0/s1. The fourth-order valence-corrected chi connectivity index (χ4v) is 2.76. The average molecular weight is 302 g/mol. The van der Waals surface area contributed by atoms with Gasteiger partial charge in [0.1, 0.15) is 11.6 Å². The molecule has 114 valence electrons. The zero-order chi connectivity index (χ0) is 15.3. The molecule has 1 amide bonds. The largest absolute Gasteiger partial charge is 0.480 e. The number of nitrogens with one attached hydrogen (secondary N) is 1. The van der Waals surface area contributed by atoms with Gasteiger partial charge in [0, 0.05) is 12.5 Å². The molecule has 2 N–H and O–H groups in total. The van der Waals surface area contributed by atoms with Crippen LogP contribution in [-0.2, 0) is 9.53 Å². The molecular formula is C13H22N2O4S. The Morgan fingerprint density at radius 2 is 2.20 bits per heavy atom. The van der Waals surface area contributed by atoms with Gasteiger partial charge in [0.15, 0.2) is 0 Å². The lowest BCUT2D eigenvalue weighted by Gasteiger charge is -2.23. The van der Waals surface area contributed by atoms with E-state index in [0.29, 0.717) is 6.42 Å². The number of hydrogen-bond acceptors (Lipinski definition) is 5.